The van der Waals surface area contributed by atoms with E-state index in [4.69, 9.17) is 0 Å². The summed E-state index contributed by atoms with van der Waals surface area (Å²) in [6, 6.07) is 6.04. The second-order valence-electron chi connectivity index (χ2n) is 4.54. The van der Waals surface area contributed by atoms with Crippen LogP contribution in [-0.4, -0.2) is 33.4 Å². The van der Waals surface area contributed by atoms with Crippen LogP contribution in [0.15, 0.2) is 29.0 Å². The third kappa shape index (κ3) is 2.14. The highest BCUT2D eigenvalue weighted by Gasteiger charge is 2.19. The van der Waals surface area contributed by atoms with Crippen molar-refractivity contribution in [3.63, 3.8) is 0 Å². The molecular weight excluding hydrogens is 294 g/mol. The lowest BCUT2D eigenvalue weighted by atomic mass is 10.3. The first kappa shape index (κ1) is 11.7. The van der Waals surface area contributed by atoms with Crippen molar-refractivity contribution in [1.82, 2.24) is 14.5 Å². The molecule has 3 rings (SSSR count). The van der Waals surface area contributed by atoms with Gasteiger partial charge >= 0.3 is 0 Å². The van der Waals surface area contributed by atoms with E-state index in [0.717, 1.165) is 41.7 Å². The first-order chi connectivity index (χ1) is 8.74. The van der Waals surface area contributed by atoms with E-state index in [1.54, 1.807) is 0 Å². The van der Waals surface area contributed by atoms with E-state index in [2.05, 4.69) is 31.5 Å². The van der Waals surface area contributed by atoms with Crippen molar-refractivity contribution in [1.29, 1.82) is 0 Å². The van der Waals surface area contributed by atoms with Gasteiger partial charge < -0.3 is 9.47 Å². The number of hydrogen-bond donors (Lipinski definition) is 0. The van der Waals surface area contributed by atoms with Gasteiger partial charge in [0, 0.05) is 37.6 Å². The number of carbonyl (C=O) groups excluding carboxylic acids is 1. The highest BCUT2D eigenvalue weighted by Crippen LogP contribution is 2.17. The molecule has 1 saturated heterocycles. The molecule has 0 spiro atoms. The van der Waals surface area contributed by atoms with Gasteiger partial charge in [0.1, 0.15) is 10.3 Å². The van der Waals surface area contributed by atoms with Crippen molar-refractivity contribution in [2.24, 2.45) is 0 Å². The number of fused-ring (bicyclic) bond motifs is 1. The number of carbonyl (C=O) groups is 1. The predicted octanol–water partition coefficient (Wildman–Crippen LogP) is 2.42. The molecule has 0 saturated carbocycles. The highest BCUT2D eigenvalue weighted by molar-refractivity contribution is 9.10. The summed E-state index contributed by atoms with van der Waals surface area (Å²) in [6.07, 6.45) is 3.73. The number of hydrogen-bond acceptors (Lipinski definition) is 2. The van der Waals surface area contributed by atoms with Crippen LogP contribution in [0.25, 0.3) is 11.0 Å². The Bertz CT molecular complexity index is 593. The van der Waals surface area contributed by atoms with Gasteiger partial charge in [-0.1, -0.05) is 0 Å². The number of pyridine rings is 1. The van der Waals surface area contributed by atoms with E-state index in [1.807, 2.05) is 23.2 Å². The second kappa shape index (κ2) is 4.72. The minimum absolute atomic E-state index is 0.278. The zero-order chi connectivity index (χ0) is 12.5. The van der Waals surface area contributed by atoms with E-state index in [9.17, 15) is 4.79 Å². The van der Waals surface area contributed by atoms with Crippen molar-refractivity contribution < 1.29 is 4.79 Å². The van der Waals surface area contributed by atoms with Gasteiger partial charge in [-0.2, -0.15) is 0 Å². The van der Waals surface area contributed by atoms with Crippen molar-refractivity contribution in [3.8, 4) is 0 Å². The van der Waals surface area contributed by atoms with Crippen LogP contribution in [-0.2, 0) is 11.3 Å². The SMILES string of the molecule is O=C1CCCN1CCn1ccc2ccc(Br)nc21. The van der Waals surface area contributed by atoms with Gasteiger partial charge in [0.25, 0.3) is 0 Å². The van der Waals surface area contributed by atoms with Gasteiger partial charge in [-0.05, 0) is 40.5 Å². The molecule has 4 nitrogen and oxygen atoms in total. The van der Waals surface area contributed by atoms with Crippen molar-refractivity contribution >= 4 is 32.9 Å². The summed E-state index contributed by atoms with van der Waals surface area (Å²) in [7, 11) is 0. The number of rotatable bonds is 3. The summed E-state index contributed by atoms with van der Waals surface area (Å²) >= 11 is 3.39. The Morgan fingerprint density at radius 1 is 1.28 bits per heavy atom. The first-order valence-electron chi connectivity index (χ1n) is 6.13. The lowest BCUT2D eigenvalue weighted by Gasteiger charge is -2.15. The molecule has 0 radical (unpaired) electrons. The summed E-state index contributed by atoms with van der Waals surface area (Å²) in [4.78, 5) is 18.0. The molecule has 2 aromatic rings. The van der Waals surface area contributed by atoms with E-state index in [0.29, 0.717) is 6.42 Å². The van der Waals surface area contributed by atoms with Gasteiger partial charge in [0.2, 0.25) is 5.91 Å². The molecule has 1 aliphatic rings. The molecule has 1 fully saturated rings. The zero-order valence-electron chi connectivity index (χ0n) is 9.97. The van der Waals surface area contributed by atoms with Crippen molar-refractivity contribution in [3.05, 3.63) is 29.0 Å². The molecule has 1 amide bonds. The van der Waals surface area contributed by atoms with Crippen molar-refractivity contribution in [2.75, 3.05) is 13.1 Å². The van der Waals surface area contributed by atoms with Crippen LogP contribution < -0.4 is 0 Å². The van der Waals surface area contributed by atoms with E-state index in [-0.39, 0.29) is 5.91 Å². The second-order valence-corrected chi connectivity index (χ2v) is 5.35. The predicted molar refractivity (Wildman–Crippen MR) is 73.2 cm³/mol. The number of likely N-dealkylation sites (tertiary alicyclic amines) is 1. The highest BCUT2D eigenvalue weighted by atomic mass is 79.9. The van der Waals surface area contributed by atoms with Crippen LogP contribution in [0.3, 0.4) is 0 Å². The molecule has 2 aromatic heterocycles. The molecule has 0 unspecified atom stereocenters. The standard InChI is InChI=1S/C13H14BrN3O/c14-11-4-3-10-5-7-17(13(10)15-11)9-8-16-6-1-2-12(16)18/h3-5,7H,1-2,6,8-9H2. The summed E-state index contributed by atoms with van der Waals surface area (Å²) in [5, 5.41) is 1.13. The molecule has 0 N–H and O–H groups in total. The van der Waals surface area contributed by atoms with Crippen LogP contribution in [0.4, 0.5) is 0 Å². The molecular formula is C13H14BrN3O. The Morgan fingerprint density at radius 2 is 2.17 bits per heavy atom. The molecule has 94 valence electrons. The smallest absolute Gasteiger partial charge is 0.222 e. The van der Waals surface area contributed by atoms with Gasteiger partial charge in [-0.25, -0.2) is 4.98 Å². The van der Waals surface area contributed by atoms with E-state index < -0.39 is 0 Å². The average Bonchev–Trinajstić information content (AvgIpc) is 2.93. The number of nitrogens with zero attached hydrogens (tertiary/aromatic N) is 3. The number of amides is 1. The minimum Gasteiger partial charge on any atom is -0.341 e. The molecule has 1 aliphatic heterocycles. The van der Waals surface area contributed by atoms with Crippen molar-refractivity contribution in [2.45, 2.75) is 19.4 Å². The Labute approximate surface area is 114 Å². The van der Waals surface area contributed by atoms with Gasteiger partial charge in [0.15, 0.2) is 0 Å². The van der Waals surface area contributed by atoms with Crippen LogP contribution in [0.2, 0.25) is 0 Å². The molecule has 0 bridgehead atoms. The molecule has 0 atom stereocenters. The molecule has 5 heteroatoms. The summed E-state index contributed by atoms with van der Waals surface area (Å²) < 4.78 is 2.94. The maximum atomic E-state index is 11.5. The Kier molecular flexibility index (Phi) is 3.07. The monoisotopic (exact) mass is 307 g/mol. The Hall–Kier alpha value is -1.36. The maximum absolute atomic E-state index is 11.5. The number of halogens is 1. The maximum Gasteiger partial charge on any atom is 0.222 e. The molecule has 3 heterocycles. The van der Waals surface area contributed by atoms with Crippen LogP contribution in [0, 0.1) is 0 Å². The Balaban J connectivity index is 1.78. The van der Waals surface area contributed by atoms with Gasteiger partial charge in [-0.3, -0.25) is 4.79 Å². The quantitative estimate of drug-likeness (QED) is 0.817. The first-order valence-corrected chi connectivity index (χ1v) is 6.92. The molecule has 0 aliphatic carbocycles. The largest absolute Gasteiger partial charge is 0.341 e. The summed E-state index contributed by atoms with van der Waals surface area (Å²) in [6.45, 7) is 2.48. The van der Waals surface area contributed by atoms with Crippen LogP contribution >= 0.6 is 15.9 Å². The van der Waals surface area contributed by atoms with Gasteiger partial charge in [0.05, 0.1) is 0 Å². The lowest BCUT2D eigenvalue weighted by molar-refractivity contribution is -0.127. The fraction of sp³-hybridized carbons (Fsp3) is 0.385. The topological polar surface area (TPSA) is 38.1 Å². The number of aromatic nitrogens is 2. The fourth-order valence-corrected chi connectivity index (χ4v) is 2.69. The molecule has 18 heavy (non-hydrogen) atoms. The van der Waals surface area contributed by atoms with Gasteiger partial charge in [-0.15, -0.1) is 0 Å². The third-order valence-corrected chi connectivity index (χ3v) is 3.80. The minimum atomic E-state index is 0.278. The Morgan fingerprint density at radius 3 is 2.94 bits per heavy atom. The fourth-order valence-electron chi connectivity index (χ4n) is 2.39. The van der Waals surface area contributed by atoms with Crippen LogP contribution in [0.1, 0.15) is 12.8 Å². The lowest BCUT2D eigenvalue weighted by Crippen LogP contribution is -2.28. The van der Waals surface area contributed by atoms with Crippen LogP contribution in [0.5, 0.6) is 0 Å². The summed E-state index contributed by atoms with van der Waals surface area (Å²) in [5.41, 5.74) is 0.969. The van der Waals surface area contributed by atoms with E-state index >= 15 is 0 Å². The molecule has 0 aromatic carbocycles. The normalized spacial score (nSPS) is 15.8. The van der Waals surface area contributed by atoms with E-state index in [1.165, 1.54) is 0 Å². The third-order valence-electron chi connectivity index (χ3n) is 3.36. The summed E-state index contributed by atoms with van der Waals surface area (Å²) in [5.74, 6) is 0.278. The average molecular weight is 308 g/mol. The zero-order valence-corrected chi connectivity index (χ0v) is 11.6.